The highest BCUT2D eigenvalue weighted by molar-refractivity contribution is 7.89. The molecule has 1 heterocycles. The van der Waals surface area contributed by atoms with Crippen molar-refractivity contribution in [3.63, 3.8) is 0 Å². The van der Waals surface area contributed by atoms with Gasteiger partial charge in [0.05, 0.1) is 4.90 Å². The van der Waals surface area contributed by atoms with E-state index in [9.17, 15) is 18.0 Å². The highest BCUT2D eigenvalue weighted by Gasteiger charge is 2.32. The van der Waals surface area contributed by atoms with Gasteiger partial charge >= 0.3 is 0 Å². The van der Waals surface area contributed by atoms with Gasteiger partial charge in [0.2, 0.25) is 21.8 Å². The minimum absolute atomic E-state index is 0.0946. The van der Waals surface area contributed by atoms with Crippen molar-refractivity contribution in [1.82, 2.24) is 14.7 Å². The number of hydrazine groups is 1. The minimum atomic E-state index is -3.64. The highest BCUT2D eigenvalue weighted by atomic mass is 32.2. The normalized spacial score (nSPS) is 17.0. The predicted octanol–water partition coefficient (Wildman–Crippen LogP) is -0.221. The van der Waals surface area contributed by atoms with Crippen LogP contribution in [0.15, 0.2) is 29.2 Å². The fourth-order valence-electron chi connectivity index (χ4n) is 2.61. The summed E-state index contributed by atoms with van der Waals surface area (Å²) in [5.74, 6) is -0.898. The topological polar surface area (TPSA) is 113 Å². The summed E-state index contributed by atoms with van der Waals surface area (Å²) in [6.07, 6.45) is 0.941. The van der Waals surface area contributed by atoms with E-state index >= 15 is 0 Å². The number of rotatable bonds is 5. The van der Waals surface area contributed by atoms with E-state index in [2.05, 4.69) is 5.43 Å². The van der Waals surface area contributed by atoms with E-state index in [1.807, 2.05) is 0 Å². The average molecular weight is 354 g/mol. The lowest BCUT2D eigenvalue weighted by Crippen LogP contribution is -2.46. The lowest BCUT2D eigenvalue weighted by molar-refractivity contribution is -0.130. The standard InChI is InChI=1S/C15H22N4O4S/c1-18(2)17-15(21)12-7-9-19(10-8-12)24(22,23)13-5-3-11(4-6-13)14(16)20/h3-6,12H,7-10H2,1-2H3,(H2,16,20)(H,17,21). The van der Waals surface area contributed by atoms with Gasteiger partial charge in [-0.25, -0.2) is 13.4 Å². The van der Waals surface area contributed by atoms with E-state index in [1.165, 1.54) is 28.6 Å². The van der Waals surface area contributed by atoms with Crippen LogP contribution < -0.4 is 11.2 Å². The molecule has 1 fully saturated rings. The number of hydrogen-bond acceptors (Lipinski definition) is 5. The maximum Gasteiger partial charge on any atom is 0.248 e. The van der Waals surface area contributed by atoms with Crippen molar-refractivity contribution in [2.45, 2.75) is 17.7 Å². The van der Waals surface area contributed by atoms with Gasteiger partial charge < -0.3 is 5.73 Å². The van der Waals surface area contributed by atoms with Gasteiger partial charge in [0.25, 0.3) is 0 Å². The van der Waals surface area contributed by atoms with Crippen LogP contribution in [0.5, 0.6) is 0 Å². The zero-order chi connectivity index (χ0) is 17.9. The van der Waals surface area contributed by atoms with Gasteiger partial charge in [-0.05, 0) is 37.1 Å². The lowest BCUT2D eigenvalue weighted by atomic mass is 9.98. The molecule has 0 spiro atoms. The number of primary amides is 1. The number of nitrogens with one attached hydrogen (secondary N) is 1. The quantitative estimate of drug-likeness (QED) is 0.710. The van der Waals surface area contributed by atoms with Crippen LogP contribution in [0.25, 0.3) is 0 Å². The number of sulfonamides is 1. The van der Waals surface area contributed by atoms with Crippen molar-refractivity contribution >= 4 is 21.8 Å². The Labute approximate surface area is 141 Å². The van der Waals surface area contributed by atoms with Crippen molar-refractivity contribution in [2.75, 3.05) is 27.2 Å². The van der Waals surface area contributed by atoms with E-state index in [0.717, 1.165) is 0 Å². The average Bonchev–Trinajstić information content (AvgIpc) is 2.54. The van der Waals surface area contributed by atoms with Gasteiger partial charge in [0.1, 0.15) is 0 Å². The molecule has 0 saturated carbocycles. The highest BCUT2D eigenvalue weighted by Crippen LogP contribution is 2.24. The second-order valence-electron chi connectivity index (χ2n) is 5.94. The first-order valence-electron chi connectivity index (χ1n) is 7.59. The molecule has 0 aromatic heterocycles. The molecule has 0 bridgehead atoms. The fraction of sp³-hybridized carbons (Fsp3) is 0.467. The molecule has 2 rings (SSSR count). The van der Waals surface area contributed by atoms with Gasteiger partial charge in [-0.2, -0.15) is 4.31 Å². The van der Waals surface area contributed by atoms with Crippen LogP contribution in [-0.4, -0.2) is 56.7 Å². The third kappa shape index (κ3) is 4.11. The van der Waals surface area contributed by atoms with Crippen LogP contribution in [0.1, 0.15) is 23.2 Å². The van der Waals surface area contributed by atoms with Gasteiger partial charge in [-0.1, -0.05) is 0 Å². The van der Waals surface area contributed by atoms with Crippen LogP contribution in [0, 0.1) is 5.92 Å². The van der Waals surface area contributed by atoms with Crippen LogP contribution in [0.2, 0.25) is 0 Å². The monoisotopic (exact) mass is 354 g/mol. The molecule has 3 N–H and O–H groups in total. The van der Waals surface area contributed by atoms with Gasteiger partial charge in [0, 0.05) is 38.7 Å². The number of benzene rings is 1. The molecule has 1 aliphatic heterocycles. The van der Waals surface area contributed by atoms with Crippen LogP contribution in [0.3, 0.4) is 0 Å². The summed E-state index contributed by atoms with van der Waals surface area (Å²) >= 11 is 0. The molecular formula is C15H22N4O4S. The number of nitrogens with two attached hydrogens (primary N) is 1. The van der Waals surface area contributed by atoms with Crippen LogP contribution in [0.4, 0.5) is 0 Å². The van der Waals surface area contributed by atoms with Crippen LogP contribution >= 0.6 is 0 Å². The first-order valence-corrected chi connectivity index (χ1v) is 9.03. The molecule has 1 aromatic carbocycles. The molecular weight excluding hydrogens is 332 g/mol. The maximum absolute atomic E-state index is 12.6. The number of carbonyl (C=O) groups is 2. The first kappa shape index (κ1) is 18.4. The lowest BCUT2D eigenvalue weighted by Gasteiger charge is -2.31. The Balaban J connectivity index is 2.04. The van der Waals surface area contributed by atoms with E-state index in [-0.39, 0.29) is 35.4 Å². The summed E-state index contributed by atoms with van der Waals surface area (Å²) in [6, 6.07) is 5.54. The van der Waals surface area contributed by atoms with Crippen molar-refractivity contribution in [3.8, 4) is 0 Å². The minimum Gasteiger partial charge on any atom is -0.366 e. The van der Waals surface area contributed by atoms with Crippen molar-refractivity contribution in [2.24, 2.45) is 11.7 Å². The number of carbonyl (C=O) groups excluding carboxylic acids is 2. The zero-order valence-electron chi connectivity index (χ0n) is 13.7. The summed E-state index contributed by atoms with van der Waals surface area (Å²) in [4.78, 5) is 23.1. The molecule has 8 nitrogen and oxygen atoms in total. The number of piperidine rings is 1. The Morgan fingerprint density at radius 1 is 1.17 bits per heavy atom. The largest absolute Gasteiger partial charge is 0.366 e. The summed E-state index contributed by atoms with van der Waals surface area (Å²) in [5.41, 5.74) is 8.11. The summed E-state index contributed by atoms with van der Waals surface area (Å²) in [7, 11) is -0.179. The summed E-state index contributed by atoms with van der Waals surface area (Å²) in [5, 5.41) is 1.58. The zero-order valence-corrected chi connectivity index (χ0v) is 14.5. The van der Waals surface area contributed by atoms with Crippen molar-refractivity contribution in [1.29, 1.82) is 0 Å². The number of nitrogens with zero attached hydrogens (tertiary/aromatic N) is 2. The third-order valence-corrected chi connectivity index (χ3v) is 5.85. The van der Waals surface area contributed by atoms with E-state index in [1.54, 1.807) is 19.1 Å². The van der Waals surface area contributed by atoms with Crippen LogP contribution in [-0.2, 0) is 14.8 Å². The Morgan fingerprint density at radius 3 is 2.17 bits per heavy atom. The van der Waals surface area contributed by atoms with E-state index in [0.29, 0.717) is 12.8 Å². The molecule has 0 atom stereocenters. The Kier molecular flexibility index (Phi) is 5.58. The Hall–Kier alpha value is -1.97. The Morgan fingerprint density at radius 2 is 1.71 bits per heavy atom. The van der Waals surface area contributed by atoms with E-state index in [4.69, 9.17) is 5.73 Å². The molecule has 24 heavy (non-hydrogen) atoms. The summed E-state index contributed by atoms with van der Waals surface area (Å²) in [6.45, 7) is 0.566. The molecule has 132 valence electrons. The van der Waals surface area contributed by atoms with Crippen molar-refractivity contribution < 1.29 is 18.0 Å². The number of amides is 2. The molecule has 0 radical (unpaired) electrons. The molecule has 9 heteroatoms. The third-order valence-electron chi connectivity index (χ3n) is 3.94. The molecule has 0 aliphatic carbocycles. The summed E-state index contributed by atoms with van der Waals surface area (Å²) < 4.78 is 26.6. The van der Waals surface area contributed by atoms with Crippen molar-refractivity contribution in [3.05, 3.63) is 29.8 Å². The number of hydrogen-bond donors (Lipinski definition) is 2. The maximum atomic E-state index is 12.6. The second kappa shape index (κ2) is 7.29. The molecule has 0 unspecified atom stereocenters. The first-order chi connectivity index (χ1) is 11.2. The fourth-order valence-corrected chi connectivity index (χ4v) is 4.08. The second-order valence-corrected chi connectivity index (χ2v) is 7.88. The molecule has 1 aliphatic rings. The smallest absolute Gasteiger partial charge is 0.248 e. The predicted molar refractivity (Wildman–Crippen MR) is 88.3 cm³/mol. The Bertz CT molecular complexity index is 707. The molecule has 1 aromatic rings. The van der Waals surface area contributed by atoms with Gasteiger partial charge in [-0.15, -0.1) is 0 Å². The SMILES string of the molecule is CN(C)NC(=O)C1CCN(S(=O)(=O)c2ccc(C(N)=O)cc2)CC1. The van der Waals surface area contributed by atoms with Gasteiger partial charge in [0.15, 0.2) is 0 Å². The van der Waals surface area contributed by atoms with Gasteiger partial charge in [-0.3, -0.25) is 15.0 Å². The van der Waals surface area contributed by atoms with E-state index < -0.39 is 15.9 Å². The molecule has 2 amide bonds. The molecule has 1 saturated heterocycles.